The Labute approximate surface area is 220 Å². The Hall–Kier alpha value is -1.34. The smallest absolute Gasteiger partial charge is 0.466 e. The number of nitrogens with two attached hydrogens (primary N) is 1. The molecule has 8 nitrogen and oxygen atoms in total. The lowest BCUT2D eigenvalue weighted by atomic mass is 10.1. The molecule has 0 rings (SSSR count). The molecule has 0 aromatic heterocycles. The molecule has 0 aromatic carbocycles. The standard InChI is InChI=1S/C27H51N2O6P/c1-2-3-4-5-6-7-8-9-10-11-12-13-14-15-16-20-27(31)33-23-18-24-34-36(32)35-25-22-29-26(30)19-17-21-28/h9-10H,2-8,11-25,28H2,1H3/p+1/b10-9-. The molecular weight excluding hydrogens is 479 g/mol. The van der Waals surface area contributed by atoms with E-state index in [2.05, 4.69) is 24.4 Å². The summed E-state index contributed by atoms with van der Waals surface area (Å²) in [6.07, 6.45) is 22.5. The van der Waals surface area contributed by atoms with Crippen LogP contribution >= 0.6 is 8.25 Å². The van der Waals surface area contributed by atoms with Gasteiger partial charge in [0, 0.05) is 30.4 Å². The molecule has 0 saturated heterocycles. The molecule has 0 fully saturated rings. The monoisotopic (exact) mass is 531 g/mol. The highest BCUT2D eigenvalue weighted by Crippen LogP contribution is 2.23. The van der Waals surface area contributed by atoms with Crippen molar-refractivity contribution >= 4 is 20.1 Å². The number of hydrogen-bond acceptors (Lipinski definition) is 7. The summed E-state index contributed by atoms with van der Waals surface area (Å²) in [7, 11) is -2.25. The van der Waals surface area contributed by atoms with E-state index in [0.29, 0.717) is 32.2 Å². The Bertz CT molecular complexity index is 574. The van der Waals surface area contributed by atoms with Gasteiger partial charge in [-0.15, -0.1) is 9.05 Å². The zero-order chi connectivity index (χ0) is 26.5. The Morgan fingerprint density at radius 3 is 2.03 bits per heavy atom. The first kappa shape index (κ1) is 34.7. The van der Waals surface area contributed by atoms with Crippen LogP contribution in [0.4, 0.5) is 0 Å². The van der Waals surface area contributed by atoms with Crippen LogP contribution < -0.4 is 11.1 Å². The maximum atomic E-state index is 11.8. The van der Waals surface area contributed by atoms with E-state index in [0.717, 1.165) is 25.7 Å². The van der Waals surface area contributed by atoms with E-state index in [4.69, 9.17) is 19.5 Å². The van der Waals surface area contributed by atoms with Gasteiger partial charge in [0.25, 0.3) is 0 Å². The third-order valence-electron chi connectivity index (χ3n) is 5.62. The first-order valence-electron chi connectivity index (χ1n) is 14.1. The van der Waals surface area contributed by atoms with Crippen molar-refractivity contribution < 1.29 is 27.9 Å². The Morgan fingerprint density at radius 2 is 1.36 bits per heavy atom. The SMILES string of the molecule is CCCCCCCC/C=C\CCCCCCCC(=O)OCCCO[P+](=O)OCCNC(=O)CCCN. The molecule has 0 heterocycles. The van der Waals surface area contributed by atoms with Crippen molar-refractivity contribution in [1.82, 2.24) is 5.32 Å². The molecule has 1 unspecified atom stereocenters. The molecule has 1 amide bonds. The Kier molecular flexibility index (Phi) is 27.2. The van der Waals surface area contributed by atoms with E-state index in [9.17, 15) is 14.2 Å². The molecule has 0 spiro atoms. The summed E-state index contributed by atoms with van der Waals surface area (Å²) in [4.78, 5) is 23.1. The van der Waals surface area contributed by atoms with E-state index in [1.807, 2.05) is 0 Å². The molecule has 3 N–H and O–H groups in total. The number of carbonyl (C=O) groups is 2. The summed E-state index contributed by atoms with van der Waals surface area (Å²) in [5.74, 6) is -0.303. The quantitative estimate of drug-likeness (QED) is 0.0537. The second-order valence-electron chi connectivity index (χ2n) is 9.04. The minimum atomic E-state index is -2.25. The predicted octanol–water partition coefficient (Wildman–Crippen LogP) is 6.50. The summed E-state index contributed by atoms with van der Waals surface area (Å²) in [5.41, 5.74) is 5.34. The zero-order valence-electron chi connectivity index (χ0n) is 22.7. The van der Waals surface area contributed by atoms with Crippen LogP contribution in [0.25, 0.3) is 0 Å². The van der Waals surface area contributed by atoms with Gasteiger partial charge < -0.3 is 15.8 Å². The second kappa shape index (κ2) is 28.2. The summed E-state index contributed by atoms with van der Waals surface area (Å²) >= 11 is 0. The molecular formula is C27H52N2O6P+. The molecule has 36 heavy (non-hydrogen) atoms. The fourth-order valence-electron chi connectivity index (χ4n) is 3.50. The van der Waals surface area contributed by atoms with Crippen molar-refractivity contribution in [3.8, 4) is 0 Å². The van der Waals surface area contributed by atoms with Crippen molar-refractivity contribution in [2.45, 2.75) is 116 Å². The molecule has 9 heteroatoms. The summed E-state index contributed by atoms with van der Waals surface area (Å²) in [5, 5.41) is 2.65. The molecule has 0 radical (unpaired) electrons. The molecule has 0 aromatic rings. The first-order chi connectivity index (χ1) is 17.6. The van der Waals surface area contributed by atoms with Gasteiger partial charge in [0.05, 0.1) is 6.61 Å². The number of allylic oxidation sites excluding steroid dienone is 2. The highest BCUT2D eigenvalue weighted by molar-refractivity contribution is 7.33. The van der Waals surface area contributed by atoms with Gasteiger partial charge in [0.15, 0.2) is 0 Å². The van der Waals surface area contributed by atoms with Crippen molar-refractivity contribution in [2.75, 3.05) is 32.9 Å². The highest BCUT2D eigenvalue weighted by atomic mass is 31.1. The van der Waals surface area contributed by atoms with Crippen LogP contribution in [0.5, 0.6) is 0 Å². The fourth-order valence-corrected chi connectivity index (χ4v) is 4.09. The molecule has 0 bridgehead atoms. The molecule has 0 aliphatic heterocycles. The van der Waals surface area contributed by atoms with Crippen molar-refractivity contribution in [1.29, 1.82) is 0 Å². The Morgan fingerprint density at radius 1 is 0.750 bits per heavy atom. The van der Waals surface area contributed by atoms with Crippen LogP contribution in [-0.4, -0.2) is 44.8 Å². The summed E-state index contributed by atoms with van der Waals surface area (Å²) in [6, 6.07) is 0. The number of rotatable bonds is 27. The average Bonchev–Trinajstić information content (AvgIpc) is 2.87. The van der Waals surface area contributed by atoms with Gasteiger partial charge in [0.2, 0.25) is 5.91 Å². The van der Waals surface area contributed by atoms with Crippen molar-refractivity contribution in [3.63, 3.8) is 0 Å². The number of unbranched alkanes of at least 4 members (excludes halogenated alkanes) is 11. The molecule has 0 saturated carbocycles. The van der Waals surface area contributed by atoms with Crippen molar-refractivity contribution in [2.24, 2.45) is 5.73 Å². The number of amides is 1. The lowest BCUT2D eigenvalue weighted by Gasteiger charge is -2.04. The minimum Gasteiger partial charge on any atom is -0.466 e. The lowest BCUT2D eigenvalue weighted by molar-refractivity contribution is -0.144. The van der Waals surface area contributed by atoms with Crippen molar-refractivity contribution in [3.05, 3.63) is 12.2 Å². The first-order valence-corrected chi connectivity index (χ1v) is 15.2. The van der Waals surface area contributed by atoms with E-state index in [-0.39, 0.29) is 38.2 Å². The number of carbonyl (C=O) groups excluding carboxylic acids is 2. The maximum absolute atomic E-state index is 11.8. The normalized spacial score (nSPS) is 11.7. The summed E-state index contributed by atoms with van der Waals surface area (Å²) in [6.45, 7) is 3.51. The van der Waals surface area contributed by atoms with Crippen LogP contribution in [0.1, 0.15) is 116 Å². The highest BCUT2D eigenvalue weighted by Gasteiger charge is 2.19. The van der Waals surface area contributed by atoms with Gasteiger partial charge in [0.1, 0.15) is 13.2 Å². The van der Waals surface area contributed by atoms with Crippen LogP contribution in [-0.2, 0) is 27.9 Å². The second-order valence-corrected chi connectivity index (χ2v) is 10.0. The Balaban J connectivity index is 3.36. The van der Waals surface area contributed by atoms with Crippen LogP contribution in [0, 0.1) is 0 Å². The average molecular weight is 532 g/mol. The van der Waals surface area contributed by atoms with Crippen LogP contribution in [0.3, 0.4) is 0 Å². The minimum absolute atomic E-state index is 0.106. The number of nitrogens with one attached hydrogen (secondary N) is 1. The van der Waals surface area contributed by atoms with Gasteiger partial charge in [-0.3, -0.25) is 9.59 Å². The zero-order valence-corrected chi connectivity index (χ0v) is 23.6. The van der Waals surface area contributed by atoms with Crippen LogP contribution in [0.15, 0.2) is 12.2 Å². The van der Waals surface area contributed by atoms with Gasteiger partial charge >= 0.3 is 14.2 Å². The number of hydrogen-bond donors (Lipinski definition) is 2. The van der Waals surface area contributed by atoms with E-state index < -0.39 is 8.25 Å². The van der Waals surface area contributed by atoms with Gasteiger partial charge in [-0.05, 0) is 45.1 Å². The molecule has 0 aliphatic carbocycles. The van der Waals surface area contributed by atoms with E-state index >= 15 is 0 Å². The molecule has 1 atom stereocenters. The topological polar surface area (TPSA) is 117 Å². The fraction of sp³-hybridized carbons (Fsp3) is 0.852. The van der Waals surface area contributed by atoms with Gasteiger partial charge in [-0.2, -0.15) is 0 Å². The lowest BCUT2D eigenvalue weighted by Crippen LogP contribution is -2.27. The summed E-state index contributed by atoms with van der Waals surface area (Å²) < 4.78 is 26.8. The van der Waals surface area contributed by atoms with Gasteiger partial charge in [-0.1, -0.05) is 70.4 Å². The van der Waals surface area contributed by atoms with Gasteiger partial charge in [-0.25, -0.2) is 0 Å². The third kappa shape index (κ3) is 27.3. The van der Waals surface area contributed by atoms with E-state index in [1.165, 1.54) is 57.8 Å². The molecule has 0 aliphatic rings. The van der Waals surface area contributed by atoms with E-state index in [1.54, 1.807) is 0 Å². The number of esters is 1. The maximum Gasteiger partial charge on any atom is 0.697 e. The van der Waals surface area contributed by atoms with Crippen LogP contribution in [0.2, 0.25) is 0 Å². The third-order valence-corrected chi connectivity index (χ3v) is 6.41. The molecule has 210 valence electrons. The largest absolute Gasteiger partial charge is 0.697 e. The number of ether oxygens (including phenoxy) is 1. The predicted molar refractivity (Wildman–Crippen MR) is 146 cm³/mol.